The minimum absolute atomic E-state index is 0.0267. The second kappa shape index (κ2) is 6.48. The fourth-order valence-corrected chi connectivity index (χ4v) is 4.14. The Balaban J connectivity index is 1.88. The summed E-state index contributed by atoms with van der Waals surface area (Å²) in [6.07, 6.45) is 0.427. The van der Waals surface area contributed by atoms with Gasteiger partial charge in [0, 0.05) is 13.1 Å². The number of hydrogen-bond acceptors (Lipinski definition) is 5. The summed E-state index contributed by atoms with van der Waals surface area (Å²) in [6, 6.07) is 6.56. The summed E-state index contributed by atoms with van der Waals surface area (Å²) in [4.78, 5) is 25.2. The van der Waals surface area contributed by atoms with E-state index in [4.69, 9.17) is 4.74 Å². The molecule has 2 rings (SSSR count). The average Bonchev–Trinajstić information content (AvgIpc) is 2.83. The fraction of sp³-hybridized carbons (Fsp3) is 0.467. The van der Waals surface area contributed by atoms with Gasteiger partial charge in [0.1, 0.15) is 0 Å². The van der Waals surface area contributed by atoms with Crippen LogP contribution in [0.2, 0.25) is 0 Å². The van der Waals surface area contributed by atoms with Crippen molar-refractivity contribution < 1.29 is 22.7 Å². The Morgan fingerprint density at radius 1 is 1.36 bits per heavy atom. The number of sulfone groups is 1. The van der Waals surface area contributed by atoms with Gasteiger partial charge >= 0.3 is 5.97 Å². The molecule has 0 aromatic heterocycles. The average molecular weight is 325 g/mol. The van der Waals surface area contributed by atoms with E-state index in [1.807, 2.05) is 13.0 Å². The lowest BCUT2D eigenvalue weighted by atomic mass is 10.1. The minimum Gasteiger partial charge on any atom is -0.452 e. The Kier molecular flexibility index (Phi) is 4.85. The van der Waals surface area contributed by atoms with Crippen molar-refractivity contribution in [1.29, 1.82) is 0 Å². The van der Waals surface area contributed by atoms with Gasteiger partial charge in [-0.3, -0.25) is 4.79 Å². The van der Waals surface area contributed by atoms with Gasteiger partial charge in [-0.15, -0.1) is 0 Å². The predicted octanol–water partition coefficient (Wildman–Crippen LogP) is 0.797. The van der Waals surface area contributed by atoms with E-state index in [0.29, 0.717) is 12.0 Å². The highest BCUT2D eigenvalue weighted by Crippen LogP contribution is 2.16. The molecule has 6 nitrogen and oxygen atoms in total. The first-order chi connectivity index (χ1) is 10.3. The Hall–Kier alpha value is -1.89. The fourth-order valence-electron chi connectivity index (χ4n) is 2.37. The van der Waals surface area contributed by atoms with Crippen LogP contribution in [0.1, 0.15) is 22.3 Å². The molecule has 1 fully saturated rings. The van der Waals surface area contributed by atoms with Crippen LogP contribution in [0.5, 0.6) is 0 Å². The molecular weight excluding hydrogens is 306 g/mol. The zero-order valence-corrected chi connectivity index (χ0v) is 13.4. The van der Waals surface area contributed by atoms with Crippen LogP contribution >= 0.6 is 0 Å². The van der Waals surface area contributed by atoms with Crippen LogP contribution in [0.3, 0.4) is 0 Å². The highest BCUT2D eigenvalue weighted by atomic mass is 32.2. The quantitative estimate of drug-likeness (QED) is 0.765. The van der Waals surface area contributed by atoms with Crippen LogP contribution < -0.4 is 0 Å². The van der Waals surface area contributed by atoms with Gasteiger partial charge in [0.15, 0.2) is 16.4 Å². The SMILES string of the molecule is Cc1cccc(C(=O)OCC(=O)N(C)[C@@H]2CCS(=O)(=O)C2)c1. The zero-order chi connectivity index (χ0) is 16.3. The summed E-state index contributed by atoms with van der Waals surface area (Å²) in [5.74, 6) is -0.896. The molecule has 1 amide bonds. The number of nitrogens with zero attached hydrogens (tertiary/aromatic N) is 1. The van der Waals surface area contributed by atoms with Gasteiger partial charge in [-0.2, -0.15) is 0 Å². The first-order valence-corrected chi connectivity index (χ1v) is 8.80. The van der Waals surface area contributed by atoms with Gasteiger partial charge in [-0.25, -0.2) is 13.2 Å². The Labute approximate surface area is 130 Å². The molecule has 0 aliphatic carbocycles. The molecule has 1 heterocycles. The maximum Gasteiger partial charge on any atom is 0.338 e. The van der Waals surface area contributed by atoms with Crippen molar-refractivity contribution in [3.05, 3.63) is 35.4 Å². The van der Waals surface area contributed by atoms with E-state index in [1.165, 1.54) is 11.9 Å². The molecule has 22 heavy (non-hydrogen) atoms. The summed E-state index contributed by atoms with van der Waals surface area (Å²) < 4.78 is 27.9. The van der Waals surface area contributed by atoms with Crippen LogP contribution in [0.15, 0.2) is 24.3 Å². The summed E-state index contributed by atoms with van der Waals surface area (Å²) >= 11 is 0. The van der Waals surface area contributed by atoms with E-state index in [-0.39, 0.29) is 24.2 Å². The van der Waals surface area contributed by atoms with Crippen LogP contribution in [0, 0.1) is 6.92 Å². The standard InChI is InChI=1S/C15H19NO5S/c1-11-4-3-5-12(8-11)15(18)21-9-14(17)16(2)13-6-7-22(19,20)10-13/h3-5,8,13H,6-7,9-10H2,1-2H3/t13-/m1/s1. The molecule has 1 atom stereocenters. The summed E-state index contributed by atoms with van der Waals surface area (Å²) in [6.45, 7) is 1.47. The molecule has 1 aromatic carbocycles. The monoisotopic (exact) mass is 325 g/mol. The number of carbonyl (C=O) groups excluding carboxylic acids is 2. The summed E-state index contributed by atoms with van der Waals surface area (Å²) in [7, 11) is -1.52. The van der Waals surface area contributed by atoms with Gasteiger partial charge in [0.25, 0.3) is 5.91 Å². The number of aryl methyl sites for hydroxylation is 1. The molecule has 0 unspecified atom stereocenters. The highest BCUT2D eigenvalue weighted by molar-refractivity contribution is 7.91. The Morgan fingerprint density at radius 2 is 2.09 bits per heavy atom. The highest BCUT2D eigenvalue weighted by Gasteiger charge is 2.32. The number of hydrogen-bond donors (Lipinski definition) is 0. The Morgan fingerprint density at radius 3 is 2.68 bits per heavy atom. The lowest BCUT2D eigenvalue weighted by Crippen LogP contribution is -2.40. The normalized spacial score (nSPS) is 19.6. The van der Waals surface area contributed by atoms with E-state index in [9.17, 15) is 18.0 Å². The minimum atomic E-state index is -3.05. The number of esters is 1. The number of benzene rings is 1. The Bertz CT molecular complexity index is 683. The molecule has 1 saturated heterocycles. The number of amides is 1. The van der Waals surface area contributed by atoms with Crippen molar-refractivity contribution in [2.75, 3.05) is 25.2 Å². The maximum atomic E-state index is 12.0. The lowest BCUT2D eigenvalue weighted by molar-refractivity contribution is -0.134. The molecule has 0 bridgehead atoms. The summed E-state index contributed by atoms with van der Waals surface area (Å²) in [5, 5.41) is 0. The van der Waals surface area contributed by atoms with E-state index in [2.05, 4.69) is 0 Å². The van der Waals surface area contributed by atoms with E-state index in [0.717, 1.165) is 5.56 Å². The van der Waals surface area contributed by atoms with Gasteiger partial charge in [0.05, 0.1) is 17.1 Å². The molecule has 0 N–H and O–H groups in total. The smallest absolute Gasteiger partial charge is 0.338 e. The van der Waals surface area contributed by atoms with Crippen LogP contribution in [-0.4, -0.2) is 56.4 Å². The second-order valence-electron chi connectivity index (χ2n) is 5.51. The maximum absolute atomic E-state index is 12.0. The van der Waals surface area contributed by atoms with Gasteiger partial charge in [-0.1, -0.05) is 17.7 Å². The molecule has 0 radical (unpaired) electrons. The van der Waals surface area contributed by atoms with Gasteiger partial charge in [0.2, 0.25) is 0 Å². The molecule has 0 spiro atoms. The molecule has 1 aliphatic heterocycles. The van der Waals surface area contributed by atoms with Crippen LogP contribution in [-0.2, 0) is 19.4 Å². The van der Waals surface area contributed by atoms with Crippen molar-refractivity contribution in [2.24, 2.45) is 0 Å². The zero-order valence-electron chi connectivity index (χ0n) is 12.6. The third-order valence-electron chi connectivity index (χ3n) is 3.73. The molecule has 0 saturated carbocycles. The molecular formula is C15H19NO5S. The first-order valence-electron chi connectivity index (χ1n) is 6.98. The number of likely N-dealkylation sites (N-methyl/N-ethyl adjacent to an activating group) is 1. The molecule has 1 aromatic rings. The van der Waals surface area contributed by atoms with Gasteiger partial charge in [-0.05, 0) is 25.5 Å². The van der Waals surface area contributed by atoms with Crippen molar-refractivity contribution in [3.8, 4) is 0 Å². The number of rotatable bonds is 4. The van der Waals surface area contributed by atoms with Crippen molar-refractivity contribution in [2.45, 2.75) is 19.4 Å². The van der Waals surface area contributed by atoms with E-state index >= 15 is 0 Å². The predicted molar refractivity (Wildman–Crippen MR) is 81.3 cm³/mol. The molecule has 120 valence electrons. The topological polar surface area (TPSA) is 80.8 Å². The van der Waals surface area contributed by atoms with Crippen molar-refractivity contribution in [1.82, 2.24) is 4.90 Å². The third kappa shape index (κ3) is 4.07. The summed E-state index contributed by atoms with van der Waals surface area (Å²) in [5.41, 5.74) is 1.31. The molecule has 7 heteroatoms. The van der Waals surface area contributed by atoms with Gasteiger partial charge < -0.3 is 9.64 Å². The number of ether oxygens (including phenoxy) is 1. The third-order valence-corrected chi connectivity index (χ3v) is 5.48. The van der Waals surface area contributed by atoms with Crippen LogP contribution in [0.25, 0.3) is 0 Å². The first kappa shape index (κ1) is 16.5. The second-order valence-corrected chi connectivity index (χ2v) is 7.74. The van der Waals surface area contributed by atoms with E-state index < -0.39 is 21.7 Å². The van der Waals surface area contributed by atoms with E-state index in [1.54, 1.807) is 18.2 Å². The largest absolute Gasteiger partial charge is 0.452 e. The lowest BCUT2D eigenvalue weighted by Gasteiger charge is -2.23. The molecule has 1 aliphatic rings. The van der Waals surface area contributed by atoms with Crippen LogP contribution in [0.4, 0.5) is 0 Å². The van der Waals surface area contributed by atoms with Crippen molar-refractivity contribution >= 4 is 21.7 Å². The number of carbonyl (C=O) groups is 2. The van der Waals surface area contributed by atoms with Crippen molar-refractivity contribution in [3.63, 3.8) is 0 Å².